The number of hydrogen-bond donors (Lipinski definition) is 2. The van der Waals surface area contributed by atoms with E-state index in [0.29, 0.717) is 6.07 Å². The zero-order valence-electron chi connectivity index (χ0n) is 11.7. The quantitative estimate of drug-likeness (QED) is 0.502. The van der Waals surface area contributed by atoms with Crippen molar-refractivity contribution in [2.75, 3.05) is 18.5 Å². The van der Waals surface area contributed by atoms with E-state index in [2.05, 4.69) is 5.32 Å². The number of rotatable bonds is 5. The van der Waals surface area contributed by atoms with Crippen molar-refractivity contribution in [2.24, 2.45) is 0 Å². The van der Waals surface area contributed by atoms with Crippen LogP contribution in [0.5, 0.6) is 5.75 Å². The van der Waals surface area contributed by atoms with Crippen LogP contribution in [-0.2, 0) is 0 Å². The third-order valence-corrected chi connectivity index (χ3v) is 2.77. The number of carbonyl (C=O) groups excluding carboxylic acids is 1. The molecule has 0 aliphatic rings. The van der Waals surface area contributed by atoms with Gasteiger partial charge in [0.1, 0.15) is 6.61 Å². The standard InChI is InChI=1S/C15H12F4N2O2/c16-9-3-1-2-4-12(9)23-8-7-20-15(22)21-11-6-5-10(17)13(18)14(11)19/h1-6H,7-8H2,(H2,20,21,22). The molecular formula is C15H12F4N2O2. The molecule has 0 bridgehead atoms. The van der Waals surface area contributed by atoms with Crippen molar-refractivity contribution < 1.29 is 27.1 Å². The lowest BCUT2D eigenvalue weighted by Gasteiger charge is -2.10. The molecule has 0 aliphatic heterocycles. The lowest BCUT2D eigenvalue weighted by atomic mass is 10.3. The fourth-order valence-corrected chi connectivity index (χ4v) is 1.68. The molecule has 0 fully saturated rings. The van der Waals surface area contributed by atoms with Crippen molar-refractivity contribution in [3.8, 4) is 5.75 Å². The number of halogens is 4. The van der Waals surface area contributed by atoms with Gasteiger partial charge in [-0.1, -0.05) is 12.1 Å². The van der Waals surface area contributed by atoms with E-state index < -0.39 is 35.0 Å². The zero-order valence-corrected chi connectivity index (χ0v) is 11.7. The predicted molar refractivity (Wildman–Crippen MR) is 75.2 cm³/mol. The first-order valence-electron chi connectivity index (χ1n) is 6.54. The highest BCUT2D eigenvalue weighted by Crippen LogP contribution is 2.19. The number of anilines is 1. The summed E-state index contributed by atoms with van der Waals surface area (Å²) in [5.74, 6) is -5.04. The van der Waals surface area contributed by atoms with E-state index in [1.807, 2.05) is 5.32 Å². The molecule has 4 nitrogen and oxygen atoms in total. The van der Waals surface area contributed by atoms with Crippen molar-refractivity contribution >= 4 is 11.7 Å². The molecule has 2 aromatic carbocycles. The van der Waals surface area contributed by atoms with Crippen LogP contribution in [0.1, 0.15) is 0 Å². The van der Waals surface area contributed by atoms with Crippen molar-refractivity contribution in [1.29, 1.82) is 0 Å². The molecule has 8 heteroatoms. The fraction of sp³-hybridized carbons (Fsp3) is 0.133. The molecule has 0 aromatic heterocycles. The summed E-state index contributed by atoms with van der Waals surface area (Å²) in [5.41, 5.74) is -0.503. The highest BCUT2D eigenvalue weighted by atomic mass is 19.2. The highest BCUT2D eigenvalue weighted by molar-refractivity contribution is 5.89. The minimum Gasteiger partial charge on any atom is -0.489 e. The predicted octanol–water partition coefficient (Wildman–Crippen LogP) is 3.44. The van der Waals surface area contributed by atoms with Crippen molar-refractivity contribution in [3.63, 3.8) is 0 Å². The van der Waals surface area contributed by atoms with Crippen molar-refractivity contribution in [3.05, 3.63) is 59.7 Å². The van der Waals surface area contributed by atoms with Gasteiger partial charge in [0.2, 0.25) is 0 Å². The van der Waals surface area contributed by atoms with Crippen LogP contribution in [-0.4, -0.2) is 19.2 Å². The molecule has 2 aromatic rings. The van der Waals surface area contributed by atoms with Gasteiger partial charge in [-0.05, 0) is 24.3 Å². The Morgan fingerprint density at radius 3 is 2.43 bits per heavy atom. The molecule has 2 amide bonds. The second-order valence-corrected chi connectivity index (χ2v) is 4.38. The summed E-state index contributed by atoms with van der Waals surface area (Å²) < 4.78 is 57.4. The van der Waals surface area contributed by atoms with E-state index in [0.717, 1.165) is 6.07 Å². The normalized spacial score (nSPS) is 10.3. The maximum absolute atomic E-state index is 13.4. The van der Waals surface area contributed by atoms with Crippen molar-refractivity contribution in [1.82, 2.24) is 5.32 Å². The molecular weight excluding hydrogens is 316 g/mol. The van der Waals surface area contributed by atoms with Gasteiger partial charge in [0.25, 0.3) is 0 Å². The molecule has 0 atom stereocenters. The van der Waals surface area contributed by atoms with Gasteiger partial charge in [-0.3, -0.25) is 0 Å². The number of carbonyl (C=O) groups is 1. The van der Waals surface area contributed by atoms with Gasteiger partial charge in [0.05, 0.1) is 12.2 Å². The van der Waals surface area contributed by atoms with E-state index in [4.69, 9.17) is 4.74 Å². The van der Waals surface area contributed by atoms with Gasteiger partial charge in [-0.25, -0.2) is 22.4 Å². The van der Waals surface area contributed by atoms with Crippen LogP contribution in [0.2, 0.25) is 0 Å². The Morgan fingerprint density at radius 1 is 0.957 bits per heavy atom. The summed E-state index contributed by atoms with van der Waals surface area (Å²) in [7, 11) is 0. The largest absolute Gasteiger partial charge is 0.489 e. The van der Waals surface area contributed by atoms with E-state index in [-0.39, 0.29) is 18.9 Å². The smallest absolute Gasteiger partial charge is 0.319 e. The monoisotopic (exact) mass is 328 g/mol. The van der Waals surface area contributed by atoms with Gasteiger partial charge < -0.3 is 15.4 Å². The first-order valence-corrected chi connectivity index (χ1v) is 6.54. The van der Waals surface area contributed by atoms with Crippen molar-refractivity contribution in [2.45, 2.75) is 0 Å². The third-order valence-electron chi connectivity index (χ3n) is 2.77. The molecule has 0 aliphatic carbocycles. The maximum Gasteiger partial charge on any atom is 0.319 e. The van der Waals surface area contributed by atoms with Crippen LogP contribution < -0.4 is 15.4 Å². The Morgan fingerprint density at radius 2 is 1.70 bits per heavy atom. The molecule has 0 saturated heterocycles. The molecule has 0 radical (unpaired) electrons. The summed E-state index contributed by atoms with van der Waals surface area (Å²) in [6, 6.07) is 6.48. The Bertz CT molecular complexity index is 710. The Kier molecular flexibility index (Phi) is 5.40. The van der Waals surface area contributed by atoms with E-state index in [1.54, 1.807) is 6.07 Å². The van der Waals surface area contributed by atoms with E-state index in [9.17, 15) is 22.4 Å². The first kappa shape index (κ1) is 16.6. The first-order chi connectivity index (χ1) is 11.0. The van der Waals surface area contributed by atoms with Gasteiger partial charge in [-0.15, -0.1) is 0 Å². The number of benzene rings is 2. The minimum atomic E-state index is -1.68. The number of para-hydroxylation sites is 1. The average Bonchev–Trinajstić information content (AvgIpc) is 2.54. The SMILES string of the molecule is O=C(NCCOc1ccccc1F)Nc1ccc(F)c(F)c1F. The van der Waals surface area contributed by atoms with E-state index in [1.165, 1.54) is 18.2 Å². The molecule has 2 N–H and O–H groups in total. The second kappa shape index (κ2) is 7.48. The lowest BCUT2D eigenvalue weighted by molar-refractivity contribution is 0.246. The van der Waals surface area contributed by atoms with Crippen LogP contribution >= 0.6 is 0 Å². The second-order valence-electron chi connectivity index (χ2n) is 4.38. The van der Waals surface area contributed by atoms with E-state index >= 15 is 0 Å². The Labute approximate surface area is 129 Å². The number of ether oxygens (including phenoxy) is 1. The number of nitrogens with one attached hydrogen (secondary N) is 2. The minimum absolute atomic E-state index is 0.00847. The van der Waals surface area contributed by atoms with Crippen LogP contribution in [0.4, 0.5) is 28.0 Å². The Hall–Kier alpha value is -2.77. The summed E-state index contributed by atoms with van der Waals surface area (Å²) in [4.78, 5) is 11.5. The summed E-state index contributed by atoms with van der Waals surface area (Å²) in [6.45, 7) is -0.0416. The van der Waals surface area contributed by atoms with Gasteiger partial charge in [0, 0.05) is 0 Å². The summed E-state index contributed by atoms with van der Waals surface area (Å²) >= 11 is 0. The number of amides is 2. The van der Waals surface area contributed by atoms with Crippen LogP contribution in [0.25, 0.3) is 0 Å². The Balaban J connectivity index is 1.80. The van der Waals surface area contributed by atoms with Gasteiger partial charge in [0.15, 0.2) is 29.0 Å². The highest BCUT2D eigenvalue weighted by Gasteiger charge is 2.14. The topological polar surface area (TPSA) is 50.4 Å². The lowest BCUT2D eigenvalue weighted by Crippen LogP contribution is -2.32. The summed E-state index contributed by atoms with van der Waals surface area (Å²) in [6.07, 6.45) is 0. The number of urea groups is 1. The molecule has 23 heavy (non-hydrogen) atoms. The summed E-state index contributed by atoms with van der Waals surface area (Å²) in [5, 5.41) is 4.33. The molecule has 0 heterocycles. The van der Waals surface area contributed by atoms with Crippen LogP contribution in [0, 0.1) is 23.3 Å². The van der Waals surface area contributed by atoms with Gasteiger partial charge >= 0.3 is 6.03 Å². The van der Waals surface area contributed by atoms with Gasteiger partial charge in [-0.2, -0.15) is 0 Å². The third kappa shape index (κ3) is 4.35. The molecule has 0 saturated carbocycles. The molecule has 0 spiro atoms. The van der Waals surface area contributed by atoms with Crippen LogP contribution in [0.15, 0.2) is 36.4 Å². The fourth-order valence-electron chi connectivity index (χ4n) is 1.68. The zero-order chi connectivity index (χ0) is 16.8. The maximum atomic E-state index is 13.4. The average molecular weight is 328 g/mol. The molecule has 122 valence electrons. The molecule has 2 rings (SSSR count). The molecule has 0 unspecified atom stereocenters. The van der Waals surface area contributed by atoms with Crippen LogP contribution in [0.3, 0.4) is 0 Å². The number of hydrogen-bond acceptors (Lipinski definition) is 2.